The van der Waals surface area contributed by atoms with Gasteiger partial charge in [0.2, 0.25) is 0 Å². The normalized spacial score (nSPS) is 12.9. The molecule has 0 spiro atoms. The Hall–Kier alpha value is -1.60. The number of benzene rings is 1. The van der Waals surface area contributed by atoms with Crippen molar-refractivity contribution >= 4 is 11.8 Å². The SMILES string of the molecule is CC(C)n1c(Sc2ccc(F)cc2[C@@H](C)O)n[nH]c1=O. The van der Waals surface area contributed by atoms with Gasteiger partial charge in [0.1, 0.15) is 5.82 Å². The third-order valence-corrected chi connectivity index (χ3v) is 3.87. The summed E-state index contributed by atoms with van der Waals surface area (Å²) in [5.74, 6) is -0.409. The highest BCUT2D eigenvalue weighted by atomic mass is 32.2. The number of hydrogen-bond acceptors (Lipinski definition) is 4. The van der Waals surface area contributed by atoms with Crippen molar-refractivity contribution in [1.29, 1.82) is 0 Å². The lowest BCUT2D eigenvalue weighted by atomic mass is 10.1. The number of aromatic amines is 1. The van der Waals surface area contributed by atoms with Gasteiger partial charge in [-0.15, -0.1) is 5.10 Å². The second kappa shape index (κ2) is 5.80. The molecule has 7 heteroatoms. The highest BCUT2D eigenvalue weighted by molar-refractivity contribution is 7.99. The standard InChI is InChI=1S/C13H16FN3O2S/c1-7(2)17-12(19)15-16-13(17)20-11-5-4-9(14)6-10(11)8(3)18/h4-8,18H,1-3H3,(H,15,19)/t8-/m1/s1. The highest BCUT2D eigenvalue weighted by Gasteiger charge is 2.16. The largest absolute Gasteiger partial charge is 0.389 e. The van der Waals surface area contributed by atoms with Crippen molar-refractivity contribution in [3.63, 3.8) is 0 Å². The van der Waals surface area contributed by atoms with Crippen molar-refractivity contribution in [2.45, 2.75) is 43.0 Å². The smallest absolute Gasteiger partial charge is 0.344 e. The molecule has 0 amide bonds. The molecule has 0 aliphatic heterocycles. The minimum Gasteiger partial charge on any atom is -0.389 e. The maximum absolute atomic E-state index is 13.3. The second-order valence-corrected chi connectivity index (χ2v) is 5.74. The fraction of sp³-hybridized carbons (Fsp3) is 0.385. The van der Waals surface area contributed by atoms with Crippen LogP contribution in [0.1, 0.15) is 38.5 Å². The van der Waals surface area contributed by atoms with Gasteiger partial charge in [0, 0.05) is 10.9 Å². The number of halogens is 1. The van der Waals surface area contributed by atoms with Crippen LogP contribution < -0.4 is 5.69 Å². The Morgan fingerprint density at radius 3 is 2.70 bits per heavy atom. The van der Waals surface area contributed by atoms with Crippen LogP contribution >= 0.6 is 11.8 Å². The zero-order valence-corrected chi connectivity index (χ0v) is 12.2. The molecule has 2 rings (SSSR count). The fourth-order valence-electron chi connectivity index (χ4n) is 1.85. The molecule has 2 N–H and O–H groups in total. The summed E-state index contributed by atoms with van der Waals surface area (Å²) in [6, 6.07) is 4.14. The summed E-state index contributed by atoms with van der Waals surface area (Å²) in [6.45, 7) is 5.32. The Bertz CT molecular complexity index is 664. The Morgan fingerprint density at radius 1 is 1.40 bits per heavy atom. The van der Waals surface area contributed by atoms with Crippen LogP contribution in [0.3, 0.4) is 0 Å². The summed E-state index contributed by atoms with van der Waals surface area (Å²) >= 11 is 1.22. The van der Waals surface area contributed by atoms with E-state index < -0.39 is 11.9 Å². The van der Waals surface area contributed by atoms with Gasteiger partial charge in [-0.25, -0.2) is 14.3 Å². The van der Waals surface area contributed by atoms with Crippen LogP contribution in [0, 0.1) is 5.82 Å². The number of nitrogens with zero attached hydrogens (tertiary/aromatic N) is 2. The van der Waals surface area contributed by atoms with Crippen LogP contribution in [0.4, 0.5) is 4.39 Å². The van der Waals surface area contributed by atoms with Crippen LogP contribution in [-0.4, -0.2) is 19.9 Å². The second-order valence-electron chi connectivity index (χ2n) is 4.74. The molecular formula is C13H16FN3O2S. The Morgan fingerprint density at radius 2 is 2.10 bits per heavy atom. The zero-order valence-electron chi connectivity index (χ0n) is 11.4. The van der Waals surface area contributed by atoms with E-state index in [1.165, 1.54) is 28.5 Å². The summed E-state index contributed by atoms with van der Waals surface area (Å²) < 4.78 is 14.8. The minimum atomic E-state index is -0.800. The van der Waals surface area contributed by atoms with Gasteiger partial charge < -0.3 is 5.11 Å². The minimum absolute atomic E-state index is 0.0424. The average Bonchev–Trinajstić information content (AvgIpc) is 2.72. The summed E-state index contributed by atoms with van der Waals surface area (Å²) in [5, 5.41) is 16.6. The first-order chi connectivity index (χ1) is 9.40. The van der Waals surface area contributed by atoms with Crippen molar-refractivity contribution in [1.82, 2.24) is 14.8 Å². The third kappa shape index (κ3) is 2.94. The van der Waals surface area contributed by atoms with Gasteiger partial charge >= 0.3 is 5.69 Å². The summed E-state index contributed by atoms with van der Waals surface area (Å²) in [5.41, 5.74) is 0.184. The number of aliphatic hydroxyl groups excluding tert-OH is 1. The molecule has 0 bridgehead atoms. The van der Waals surface area contributed by atoms with Gasteiger partial charge in [0.25, 0.3) is 0 Å². The van der Waals surface area contributed by atoms with E-state index in [0.717, 1.165) is 0 Å². The number of rotatable bonds is 4. The Labute approximate surface area is 119 Å². The van der Waals surface area contributed by atoms with Gasteiger partial charge in [-0.05, 0) is 56.3 Å². The third-order valence-electron chi connectivity index (χ3n) is 2.81. The van der Waals surface area contributed by atoms with Crippen molar-refractivity contribution in [3.05, 3.63) is 40.1 Å². The quantitative estimate of drug-likeness (QED) is 0.909. The molecule has 0 radical (unpaired) electrons. The van der Waals surface area contributed by atoms with E-state index in [0.29, 0.717) is 15.6 Å². The molecule has 0 aliphatic rings. The number of H-pyrrole nitrogens is 1. The van der Waals surface area contributed by atoms with Crippen LogP contribution in [0.15, 0.2) is 33.0 Å². The molecule has 0 aliphatic carbocycles. The van der Waals surface area contributed by atoms with Crippen molar-refractivity contribution in [2.75, 3.05) is 0 Å². The summed E-state index contributed by atoms with van der Waals surface area (Å²) in [4.78, 5) is 12.3. The molecule has 0 fully saturated rings. The molecular weight excluding hydrogens is 281 g/mol. The lowest BCUT2D eigenvalue weighted by Crippen LogP contribution is -2.19. The monoisotopic (exact) mass is 297 g/mol. The molecule has 2 aromatic rings. The molecule has 108 valence electrons. The number of aromatic nitrogens is 3. The van der Waals surface area contributed by atoms with Gasteiger partial charge in [-0.1, -0.05) is 0 Å². The lowest BCUT2D eigenvalue weighted by molar-refractivity contribution is 0.196. The van der Waals surface area contributed by atoms with E-state index in [1.54, 1.807) is 13.0 Å². The van der Waals surface area contributed by atoms with E-state index in [4.69, 9.17) is 0 Å². The maximum atomic E-state index is 13.3. The van der Waals surface area contributed by atoms with E-state index >= 15 is 0 Å². The van der Waals surface area contributed by atoms with Gasteiger partial charge in [0.05, 0.1) is 6.10 Å². The van der Waals surface area contributed by atoms with Gasteiger partial charge in [-0.2, -0.15) is 0 Å². The van der Waals surface area contributed by atoms with E-state index in [-0.39, 0.29) is 11.7 Å². The topological polar surface area (TPSA) is 70.9 Å². The first-order valence-corrected chi connectivity index (χ1v) is 7.04. The maximum Gasteiger partial charge on any atom is 0.344 e. The molecule has 1 aromatic heterocycles. The van der Waals surface area contributed by atoms with Crippen molar-refractivity contribution in [3.8, 4) is 0 Å². The van der Waals surface area contributed by atoms with Crippen LogP contribution in [0.5, 0.6) is 0 Å². The Balaban J connectivity index is 2.43. The van der Waals surface area contributed by atoms with Crippen LogP contribution in [0.2, 0.25) is 0 Å². The summed E-state index contributed by atoms with van der Waals surface area (Å²) in [7, 11) is 0. The van der Waals surface area contributed by atoms with Gasteiger partial charge in [-0.3, -0.25) is 4.57 Å². The predicted molar refractivity (Wildman–Crippen MR) is 74.4 cm³/mol. The predicted octanol–water partition coefficient (Wildman–Crippen LogP) is 2.50. The van der Waals surface area contributed by atoms with E-state index in [1.807, 2.05) is 13.8 Å². The van der Waals surface area contributed by atoms with Crippen LogP contribution in [0.25, 0.3) is 0 Å². The number of aliphatic hydroxyl groups is 1. The average molecular weight is 297 g/mol. The highest BCUT2D eigenvalue weighted by Crippen LogP contribution is 2.33. The molecule has 1 aromatic carbocycles. The molecule has 0 saturated heterocycles. The van der Waals surface area contributed by atoms with Crippen LogP contribution in [-0.2, 0) is 0 Å². The zero-order chi connectivity index (χ0) is 14.9. The first-order valence-electron chi connectivity index (χ1n) is 6.22. The molecule has 1 atom stereocenters. The number of nitrogens with one attached hydrogen (secondary N) is 1. The fourth-order valence-corrected chi connectivity index (χ4v) is 3.02. The van der Waals surface area contributed by atoms with Gasteiger partial charge in [0.15, 0.2) is 5.16 Å². The van der Waals surface area contributed by atoms with E-state index in [9.17, 15) is 14.3 Å². The van der Waals surface area contributed by atoms with Crippen molar-refractivity contribution in [2.24, 2.45) is 0 Å². The van der Waals surface area contributed by atoms with Crippen molar-refractivity contribution < 1.29 is 9.50 Å². The molecule has 20 heavy (non-hydrogen) atoms. The molecule has 1 heterocycles. The first kappa shape index (κ1) is 14.8. The molecule has 5 nitrogen and oxygen atoms in total. The lowest BCUT2D eigenvalue weighted by Gasteiger charge is -2.13. The Kier molecular flexibility index (Phi) is 4.29. The van der Waals surface area contributed by atoms with E-state index in [2.05, 4.69) is 10.2 Å². The molecule has 0 unspecified atom stereocenters. The number of hydrogen-bond donors (Lipinski definition) is 2. The molecule has 0 saturated carbocycles. The summed E-state index contributed by atoms with van der Waals surface area (Å²) in [6.07, 6.45) is -0.800.